The highest BCUT2D eigenvalue weighted by atomic mass is 32.1. The molecule has 0 amide bonds. The fourth-order valence-corrected chi connectivity index (χ4v) is 1.19. The molecule has 0 aromatic heterocycles. The zero-order valence-corrected chi connectivity index (χ0v) is 8.44. The van der Waals surface area contributed by atoms with Crippen LogP contribution in [-0.4, -0.2) is 43.5 Å². The van der Waals surface area contributed by atoms with Crippen LogP contribution in [0.3, 0.4) is 0 Å². The molecule has 68 valence electrons. The number of thiol groups is 1. The minimum atomic E-state index is 0.818. The molecule has 0 N–H and O–H groups in total. The van der Waals surface area contributed by atoms with Crippen LogP contribution in [0.2, 0.25) is 0 Å². The summed E-state index contributed by atoms with van der Waals surface area (Å²) < 4.78 is 5.25. The highest BCUT2D eigenvalue weighted by molar-refractivity contribution is 7.80. The largest absolute Gasteiger partial charge is 0.380 e. The van der Waals surface area contributed by atoms with Crippen LogP contribution in [0.5, 0.6) is 0 Å². The van der Waals surface area contributed by atoms with Crippen molar-refractivity contribution in [3.05, 3.63) is 0 Å². The summed E-state index contributed by atoms with van der Waals surface area (Å²) in [5.74, 6) is 0.931. The topological polar surface area (TPSA) is 12.5 Å². The van der Waals surface area contributed by atoms with Crippen molar-refractivity contribution in [2.24, 2.45) is 0 Å². The average molecular weight is 177 g/mol. The van der Waals surface area contributed by atoms with E-state index in [-0.39, 0.29) is 0 Å². The monoisotopic (exact) mass is 177 g/mol. The number of ether oxygens (including phenoxy) is 1. The third-order valence-electron chi connectivity index (χ3n) is 1.62. The van der Waals surface area contributed by atoms with Crippen molar-refractivity contribution in [3.63, 3.8) is 0 Å². The zero-order chi connectivity index (χ0) is 8.53. The third kappa shape index (κ3) is 6.66. The first-order valence-corrected chi connectivity index (χ1v) is 4.89. The molecule has 0 spiro atoms. The lowest BCUT2D eigenvalue weighted by molar-refractivity contribution is 0.118. The van der Waals surface area contributed by atoms with Gasteiger partial charge in [0.25, 0.3) is 0 Å². The maximum atomic E-state index is 5.25. The van der Waals surface area contributed by atoms with Gasteiger partial charge in [-0.05, 0) is 13.5 Å². The van der Waals surface area contributed by atoms with Gasteiger partial charge in [0.15, 0.2) is 0 Å². The van der Waals surface area contributed by atoms with Gasteiger partial charge in [-0.2, -0.15) is 12.6 Å². The van der Waals surface area contributed by atoms with Crippen molar-refractivity contribution in [2.75, 3.05) is 38.6 Å². The second-order valence-corrected chi connectivity index (χ2v) is 2.80. The quantitative estimate of drug-likeness (QED) is 0.464. The molecule has 0 radical (unpaired) electrons. The van der Waals surface area contributed by atoms with Crippen LogP contribution >= 0.6 is 12.6 Å². The SMILES string of the molecule is CCOCCN(CC)CCS. The molecular formula is C8H19NOS. The van der Waals surface area contributed by atoms with E-state index in [0.717, 1.165) is 38.6 Å². The van der Waals surface area contributed by atoms with Crippen LogP contribution in [0.1, 0.15) is 13.8 Å². The lowest BCUT2D eigenvalue weighted by atomic mass is 10.5. The Morgan fingerprint density at radius 1 is 1.27 bits per heavy atom. The summed E-state index contributed by atoms with van der Waals surface area (Å²) >= 11 is 4.18. The van der Waals surface area contributed by atoms with E-state index < -0.39 is 0 Å². The van der Waals surface area contributed by atoms with E-state index in [2.05, 4.69) is 24.5 Å². The van der Waals surface area contributed by atoms with Crippen molar-refractivity contribution >= 4 is 12.6 Å². The molecule has 0 aliphatic heterocycles. The Hall–Kier alpha value is 0.270. The van der Waals surface area contributed by atoms with Gasteiger partial charge in [-0.1, -0.05) is 6.92 Å². The third-order valence-corrected chi connectivity index (χ3v) is 1.82. The van der Waals surface area contributed by atoms with E-state index in [4.69, 9.17) is 4.74 Å². The van der Waals surface area contributed by atoms with Crippen LogP contribution in [0.15, 0.2) is 0 Å². The summed E-state index contributed by atoms with van der Waals surface area (Å²) in [6, 6.07) is 0. The molecule has 0 heterocycles. The van der Waals surface area contributed by atoms with Crippen molar-refractivity contribution < 1.29 is 4.74 Å². The highest BCUT2D eigenvalue weighted by Crippen LogP contribution is 1.89. The van der Waals surface area contributed by atoms with Crippen LogP contribution in [0.4, 0.5) is 0 Å². The average Bonchev–Trinajstić information content (AvgIpc) is 2.03. The van der Waals surface area contributed by atoms with Gasteiger partial charge < -0.3 is 9.64 Å². The molecule has 0 rings (SSSR count). The van der Waals surface area contributed by atoms with Gasteiger partial charge in [0.2, 0.25) is 0 Å². The Morgan fingerprint density at radius 3 is 2.45 bits per heavy atom. The first kappa shape index (κ1) is 11.3. The first-order chi connectivity index (χ1) is 5.35. The van der Waals surface area contributed by atoms with E-state index in [0.29, 0.717) is 0 Å². The number of likely N-dealkylation sites (N-methyl/N-ethyl adjacent to an activating group) is 1. The maximum Gasteiger partial charge on any atom is 0.0593 e. The van der Waals surface area contributed by atoms with Gasteiger partial charge in [0.1, 0.15) is 0 Å². The second-order valence-electron chi connectivity index (χ2n) is 2.35. The summed E-state index contributed by atoms with van der Waals surface area (Å²) in [5, 5.41) is 0. The summed E-state index contributed by atoms with van der Waals surface area (Å²) in [7, 11) is 0. The maximum absolute atomic E-state index is 5.25. The molecule has 0 aromatic carbocycles. The molecule has 0 aliphatic rings. The zero-order valence-electron chi connectivity index (χ0n) is 7.55. The summed E-state index contributed by atoms with van der Waals surface area (Å²) in [4.78, 5) is 2.34. The van der Waals surface area contributed by atoms with E-state index in [9.17, 15) is 0 Å². The number of hydrogen-bond donors (Lipinski definition) is 1. The van der Waals surface area contributed by atoms with Crippen LogP contribution in [-0.2, 0) is 4.74 Å². The Kier molecular flexibility index (Phi) is 8.57. The Labute approximate surface area is 75.3 Å². The smallest absolute Gasteiger partial charge is 0.0593 e. The number of rotatable bonds is 7. The molecule has 3 heteroatoms. The van der Waals surface area contributed by atoms with Crippen LogP contribution < -0.4 is 0 Å². The second kappa shape index (κ2) is 8.37. The van der Waals surface area contributed by atoms with Gasteiger partial charge in [-0.3, -0.25) is 0 Å². The molecule has 2 nitrogen and oxygen atoms in total. The number of hydrogen-bond acceptors (Lipinski definition) is 3. The Morgan fingerprint density at radius 2 is 2.00 bits per heavy atom. The van der Waals surface area contributed by atoms with Gasteiger partial charge in [0.05, 0.1) is 6.61 Å². The fraction of sp³-hybridized carbons (Fsp3) is 1.00. The summed E-state index contributed by atoms with van der Waals surface area (Å²) in [6.45, 7) is 9.03. The minimum Gasteiger partial charge on any atom is -0.380 e. The van der Waals surface area contributed by atoms with Gasteiger partial charge in [-0.15, -0.1) is 0 Å². The van der Waals surface area contributed by atoms with Crippen molar-refractivity contribution in [2.45, 2.75) is 13.8 Å². The molecule has 0 fully saturated rings. The molecule has 0 saturated carbocycles. The normalized spacial score (nSPS) is 10.9. The minimum absolute atomic E-state index is 0.818. The van der Waals surface area contributed by atoms with E-state index >= 15 is 0 Å². The molecule has 0 bridgehead atoms. The van der Waals surface area contributed by atoms with Gasteiger partial charge >= 0.3 is 0 Å². The highest BCUT2D eigenvalue weighted by Gasteiger charge is 1.98. The Bertz CT molecular complexity index is 80.5. The predicted molar refractivity (Wildman–Crippen MR) is 52.5 cm³/mol. The van der Waals surface area contributed by atoms with Crippen LogP contribution in [0, 0.1) is 0 Å². The fourth-order valence-electron chi connectivity index (χ4n) is 0.907. The molecule has 0 atom stereocenters. The molecule has 0 unspecified atom stereocenters. The Balaban J connectivity index is 3.20. The van der Waals surface area contributed by atoms with E-state index in [1.807, 2.05) is 6.92 Å². The summed E-state index contributed by atoms with van der Waals surface area (Å²) in [6.07, 6.45) is 0. The first-order valence-electron chi connectivity index (χ1n) is 4.26. The van der Waals surface area contributed by atoms with Crippen molar-refractivity contribution in [1.82, 2.24) is 4.90 Å². The van der Waals surface area contributed by atoms with E-state index in [1.165, 1.54) is 0 Å². The molecule has 0 aromatic rings. The van der Waals surface area contributed by atoms with Crippen LogP contribution in [0.25, 0.3) is 0 Å². The molecule has 0 aliphatic carbocycles. The number of nitrogens with zero attached hydrogens (tertiary/aromatic N) is 1. The van der Waals surface area contributed by atoms with Gasteiger partial charge in [0, 0.05) is 25.4 Å². The van der Waals surface area contributed by atoms with Crippen molar-refractivity contribution in [3.8, 4) is 0 Å². The lowest BCUT2D eigenvalue weighted by Crippen LogP contribution is -2.29. The molecular weight excluding hydrogens is 158 g/mol. The summed E-state index contributed by atoms with van der Waals surface area (Å²) in [5.41, 5.74) is 0. The predicted octanol–water partition coefficient (Wildman–Crippen LogP) is 1.27. The standard InChI is InChI=1S/C8H19NOS/c1-3-9(6-8-11)5-7-10-4-2/h11H,3-8H2,1-2H3. The lowest BCUT2D eigenvalue weighted by Gasteiger charge is -2.18. The molecule has 11 heavy (non-hydrogen) atoms. The van der Waals surface area contributed by atoms with E-state index in [1.54, 1.807) is 0 Å². The van der Waals surface area contributed by atoms with Gasteiger partial charge in [-0.25, -0.2) is 0 Å². The molecule has 0 saturated heterocycles. The van der Waals surface area contributed by atoms with Crippen molar-refractivity contribution in [1.29, 1.82) is 0 Å².